The predicted molar refractivity (Wildman–Crippen MR) is 45.0 cm³/mol. The molecule has 1 fully saturated rings. The highest BCUT2D eigenvalue weighted by Crippen LogP contribution is 2.15. The summed E-state index contributed by atoms with van der Waals surface area (Å²) in [4.78, 5) is 21.7. The first-order chi connectivity index (χ1) is 6.41. The fraction of sp³-hybridized carbons (Fsp3) is 0.750. The van der Waals surface area contributed by atoms with Crippen LogP contribution in [0, 0.1) is 0 Å². The summed E-state index contributed by atoms with van der Waals surface area (Å²) in [5.41, 5.74) is 0. The highest BCUT2D eigenvalue weighted by molar-refractivity contribution is 5.32. The molecule has 0 radical (unpaired) electrons. The molecular formula is C8H12N2O3. The summed E-state index contributed by atoms with van der Waals surface area (Å²) in [6.07, 6.45) is 11.0. The van der Waals surface area contributed by atoms with Gasteiger partial charge in [0.05, 0.1) is 0 Å². The van der Waals surface area contributed by atoms with E-state index in [1.165, 1.54) is 38.5 Å². The Morgan fingerprint density at radius 2 is 1.08 bits per heavy atom. The summed E-state index contributed by atoms with van der Waals surface area (Å²) in [5, 5.41) is 4.85. The van der Waals surface area contributed by atoms with Crippen LogP contribution in [0.2, 0.25) is 0 Å². The molecule has 0 aromatic heterocycles. The van der Waals surface area contributed by atoms with Crippen LogP contribution in [0.15, 0.2) is 10.3 Å². The van der Waals surface area contributed by atoms with Crippen molar-refractivity contribution >= 4 is 12.2 Å². The minimum Gasteiger partial charge on any atom is -0.221 e. The largest absolute Gasteiger partial charge is 0.279 e. The zero-order chi connectivity index (χ0) is 9.78. The summed E-state index contributed by atoms with van der Waals surface area (Å²) in [5.74, 6) is 0. The Bertz CT molecular complexity index is 174. The standard InChI is InChI=1S/C6H12.C2N2O3/c1-2-4-6-5-3-1;5-1-3-7-4-2-6/h1-6H2;. The lowest BCUT2D eigenvalue weighted by atomic mass is 10.0. The number of hydrogen-bond donors (Lipinski definition) is 0. The smallest absolute Gasteiger partial charge is 0.221 e. The molecule has 1 aliphatic carbocycles. The molecule has 0 unspecified atom stereocenters. The summed E-state index contributed by atoms with van der Waals surface area (Å²) in [7, 11) is 0. The van der Waals surface area contributed by atoms with Crippen molar-refractivity contribution in [2.24, 2.45) is 10.3 Å². The monoisotopic (exact) mass is 184 g/mol. The van der Waals surface area contributed by atoms with Gasteiger partial charge in [0.2, 0.25) is 0 Å². The van der Waals surface area contributed by atoms with Crippen LogP contribution in [0.4, 0.5) is 0 Å². The van der Waals surface area contributed by atoms with Crippen LogP contribution in [0.3, 0.4) is 0 Å². The van der Waals surface area contributed by atoms with Crippen LogP contribution < -0.4 is 0 Å². The third kappa shape index (κ3) is 10.6. The molecule has 0 aromatic carbocycles. The van der Waals surface area contributed by atoms with Crippen LogP contribution in [-0.2, 0) is 14.5 Å². The van der Waals surface area contributed by atoms with Crippen LogP contribution in [0.5, 0.6) is 0 Å². The summed E-state index contributed by atoms with van der Waals surface area (Å²) >= 11 is 0. The van der Waals surface area contributed by atoms with Gasteiger partial charge in [-0.2, -0.15) is 0 Å². The van der Waals surface area contributed by atoms with E-state index in [2.05, 4.69) is 15.2 Å². The highest BCUT2D eigenvalue weighted by atomic mass is 16.8. The van der Waals surface area contributed by atoms with E-state index in [0.29, 0.717) is 0 Å². The lowest BCUT2D eigenvalue weighted by Crippen LogP contribution is -1.85. The fourth-order valence-corrected chi connectivity index (χ4v) is 1.11. The molecule has 0 N–H and O–H groups in total. The predicted octanol–water partition coefficient (Wildman–Crippen LogP) is 1.85. The van der Waals surface area contributed by atoms with Gasteiger partial charge in [0.15, 0.2) is 0 Å². The molecule has 0 aliphatic heterocycles. The molecule has 13 heavy (non-hydrogen) atoms. The third-order valence-corrected chi connectivity index (χ3v) is 1.66. The zero-order valence-corrected chi connectivity index (χ0v) is 7.36. The Kier molecular flexibility index (Phi) is 9.39. The minimum absolute atomic E-state index is 0.983. The summed E-state index contributed by atoms with van der Waals surface area (Å²) in [6.45, 7) is 0. The zero-order valence-electron chi connectivity index (χ0n) is 7.36. The molecule has 1 rings (SSSR count). The Hall–Kier alpha value is -1.44. The van der Waals surface area contributed by atoms with E-state index in [1.807, 2.05) is 0 Å². The molecule has 1 saturated carbocycles. The fourth-order valence-electron chi connectivity index (χ4n) is 1.11. The van der Waals surface area contributed by atoms with E-state index in [9.17, 15) is 0 Å². The molecule has 5 heteroatoms. The molecule has 0 aromatic rings. The number of rotatable bonds is 2. The minimum atomic E-state index is 0.983. The van der Waals surface area contributed by atoms with Gasteiger partial charge in [0, 0.05) is 10.3 Å². The van der Waals surface area contributed by atoms with Crippen molar-refractivity contribution in [2.45, 2.75) is 38.5 Å². The lowest BCUT2D eigenvalue weighted by Gasteiger charge is -2.05. The molecule has 1 aliphatic rings. The summed E-state index contributed by atoms with van der Waals surface area (Å²) in [6, 6.07) is 0. The van der Waals surface area contributed by atoms with E-state index in [1.54, 1.807) is 0 Å². The van der Waals surface area contributed by atoms with E-state index in [-0.39, 0.29) is 0 Å². The normalized spacial score (nSPS) is 13.8. The topological polar surface area (TPSA) is 68.1 Å². The van der Waals surface area contributed by atoms with E-state index in [0.717, 1.165) is 12.2 Å². The Balaban J connectivity index is 0.000000223. The number of nitrogens with zero attached hydrogens (tertiary/aromatic N) is 2. The number of carbonyl (C=O) groups excluding carboxylic acids is 2. The van der Waals surface area contributed by atoms with Gasteiger partial charge < -0.3 is 0 Å². The van der Waals surface area contributed by atoms with Crippen LogP contribution in [0.25, 0.3) is 0 Å². The van der Waals surface area contributed by atoms with Crippen LogP contribution in [0.1, 0.15) is 38.5 Å². The van der Waals surface area contributed by atoms with Gasteiger partial charge in [0.25, 0.3) is 12.2 Å². The second-order valence-corrected chi connectivity index (χ2v) is 2.57. The average molecular weight is 184 g/mol. The van der Waals surface area contributed by atoms with Crippen molar-refractivity contribution in [2.75, 3.05) is 0 Å². The first kappa shape index (κ1) is 11.6. The molecule has 0 saturated heterocycles. The third-order valence-electron chi connectivity index (χ3n) is 1.66. The van der Waals surface area contributed by atoms with Gasteiger partial charge in [-0.05, 0) is 0 Å². The lowest BCUT2D eigenvalue weighted by molar-refractivity contribution is 0.154. The number of isocyanates is 2. The van der Waals surface area contributed by atoms with Gasteiger partial charge in [-0.15, -0.1) is 0 Å². The Morgan fingerprint density at radius 3 is 1.31 bits per heavy atom. The number of hydrogen-bond acceptors (Lipinski definition) is 5. The van der Waals surface area contributed by atoms with Gasteiger partial charge in [-0.3, -0.25) is 0 Å². The average Bonchev–Trinajstić information content (AvgIpc) is 2.22. The van der Waals surface area contributed by atoms with Crippen LogP contribution >= 0.6 is 0 Å². The van der Waals surface area contributed by atoms with Crippen molar-refractivity contribution in [1.29, 1.82) is 0 Å². The maximum absolute atomic E-state index is 9.07. The van der Waals surface area contributed by atoms with Gasteiger partial charge in [0.1, 0.15) is 0 Å². The van der Waals surface area contributed by atoms with Gasteiger partial charge in [-0.1, -0.05) is 38.5 Å². The van der Waals surface area contributed by atoms with E-state index < -0.39 is 0 Å². The second kappa shape index (κ2) is 10.6. The van der Waals surface area contributed by atoms with Crippen molar-refractivity contribution in [1.82, 2.24) is 0 Å². The first-order valence-electron chi connectivity index (χ1n) is 4.22. The molecular weight excluding hydrogens is 172 g/mol. The van der Waals surface area contributed by atoms with Crippen molar-refractivity contribution in [3.05, 3.63) is 0 Å². The molecule has 0 atom stereocenters. The quantitative estimate of drug-likeness (QED) is 0.373. The Labute approximate surface area is 76.4 Å². The molecule has 0 spiro atoms. The van der Waals surface area contributed by atoms with Crippen LogP contribution in [-0.4, -0.2) is 12.2 Å². The van der Waals surface area contributed by atoms with Crippen molar-refractivity contribution in [3.8, 4) is 0 Å². The molecule has 72 valence electrons. The molecule has 5 nitrogen and oxygen atoms in total. The van der Waals surface area contributed by atoms with Gasteiger partial charge in [-0.25, -0.2) is 14.5 Å². The SMILES string of the molecule is C1CCCCC1.O=C=NON=C=O. The van der Waals surface area contributed by atoms with E-state index in [4.69, 9.17) is 9.59 Å². The molecule has 0 bridgehead atoms. The van der Waals surface area contributed by atoms with Crippen molar-refractivity contribution in [3.63, 3.8) is 0 Å². The first-order valence-corrected chi connectivity index (χ1v) is 4.22. The summed E-state index contributed by atoms with van der Waals surface area (Å²) < 4.78 is 0. The van der Waals surface area contributed by atoms with Crippen molar-refractivity contribution < 1.29 is 14.5 Å². The Morgan fingerprint density at radius 1 is 0.769 bits per heavy atom. The van der Waals surface area contributed by atoms with E-state index >= 15 is 0 Å². The second-order valence-electron chi connectivity index (χ2n) is 2.57. The maximum Gasteiger partial charge on any atom is 0.279 e. The maximum atomic E-state index is 9.07. The molecule has 0 amide bonds. The van der Waals surface area contributed by atoms with Gasteiger partial charge >= 0.3 is 0 Å². The highest BCUT2D eigenvalue weighted by Gasteiger charge is 1.95. The molecule has 0 heterocycles.